The maximum Gasteiger partial charge on any atom is 0.308 e. The predicted molar refractivity (Wildman–Crippen MR) is 128 cm³/mol. The molecule has 1 aliphatic carbocycles. The highest BCUT2D eigenvalue weighted by molar-refractivity contribution is 7.15. The van der Waals surface area contributed by atoms with Crippen LogP contribution >= 0.6 is 11.3 Å². The van der Waals surface area contributed by atoms with Crippen LogP contribution in [0.3, 0.4) is 0 Å². The summed E-state index contributed by atoms with van der Waals surface area (Å²) in [7, 11) is 1.51. The summed E-state index contributed by atoms with van der Waals surface area (Å²) in [4.78, 5) is 28.0. The summed E-state index contributed by atoms with van der Waals surface area (Å²) >= 11 is 1.71. The largest absolute Gasteiger partial charge is 0.493 e. The normalized spacial score (nSPS) is 17.4. The van der Waals surface area contributed by atoms with Crippen molar-refractivity contribution in [3.63, 3.8) is 0 Å². The summed E-state index contributed by atoms with van der Waals surface area (Å²) in [6, 6.07) is 5.17. The maximum absolute atomic E-state index is 12.7. The van der Waals surface area contributed by atoms with E-state index < -0.39 is 5.97 Å². The Morgan fingerprint density at radius 2 is 1.82 bits per heavy atom. The van der Waals surface area contributed by atoms with Crippen molar-refractivity contribution in [2.24, 2.45) is 0 Å². The third kappa shape index (κ3) is 5.90. The molecule has 0 bridgehead atoms. The number of hydrogen-bond donors (Lipinski definition) is 0. The average molecular weight is 471 g/mol. The molecular weight excluding hydrogens is 440 g/mol. The molecule has 1 aliphatic heterocycles. The van der Waals surface area contributed by atoms with Gasteiger partial charge in [0.05, 0.1) is 7.11 Å². The molecule has 8 nitrogen and oxygen atoms in total. The van der Waals surface area contributed by atoms with Gasteiger partial charge in [0.2, 0.25) is 11.0 Å². The van der Waals surface area contributed by atoms with Gasteiger partial charge in [0.15, 0.2) is 11.5 Å². The van der Waals surface area contributed by atoms with E-state index in [2.05, 4.69) is 15.1 Å². The molecule has 0 spiro atoms. The first kappa shape index (κ1) is 23.2. The van der Waals surface area contributed by atoms with E-state index in [1.807, 2.05) is 4.90 Å². The van der Waals surface area contributed by atoms with Crippen LogP contribution in [0.25, 0.3) is 6.08 Å². The second-order valence-corrected chi connectivity index (χ2v) is 9.39. The molecule has 1 aromatic carbocycles. The molecule has 0 radical (unpaired) electrons. The van der Waals surface area contributed by atoms with Gasteiger partial charge in [-0.3, -0.25) is 9.59 Å². The minimum Gasteiger partial charge on any atom is -0.493 e. The third-order valence-electron chi connectivity index (χ3n) is 6.11. The van der Waals surface area contributed by atoms with Gasteiger partial charge >= 0.3 is 5.97 Å². The van der Waals surface area contributed by atoms with Gasteiger partial charge in [0.25, 0.3) is 0 Å². The van der Waals surface area contributed by atoms with Gasteiger partial charge in [0, 0.05) is 45.1 Å². The Kier molecular flexibility index (Phi) is 7.59. The Labute approximate surface area is 198 Å². The minimum absolute atomic E-state index is 0.0298. The smallest absolute Gasteiger partial charge is 0.308 e. The number of benzene rings is 1. The van der Waals surface area contributed by atoms with Crippen LogP contribution in [0.5, 0.6) is 11.5 Å². The quantitative estimate of drug-likeness (QED) is 0.360. The highest BCUT2D eigenvalue weighted by Crippen LogP contribution is 2.36. The fourth-order valence-corrected chi connectivity index (χ4v) is 5.35. The van der Waals surface area contributed by atoms with Crippen molar-refractivity contribution in [3.8, 4) is 11.5 Å². The minimum atomic E-state index is -0.412. The number of anilines is 1. The molecule has 0 atom stereocenters. The number of methoxy groups -OCH3 is 1. The molecule has 9 heteroatoms. The molecule has 33 heavy (non-hydrogen) atoms. The molecule has 1 amide bonds. The second kappa shape index (κ2) is 10.8. The first-order valence-corrected chi connectivity index (χ1v) is 12.3. The Morgan fingerprint density at radius 1 is 1.06 bits per heavy atom. The zero-order chi connectivity index (χ0) is 23.2. The maximum atomic E-state index is 12.7. The topological polar surface area (TPSA) is 84.9 Å². The van der Waals surface area contributed by atoms with E-state index in [1.54, 1.807) is 41.7 Å². The van der Waals surface area contributed by atoms with Gasteiger partial charge in [-0.25, -0.2) is 0 Å². The van der Waals surface area contributed by atoms with E-state index in [0.29, 0.717) is 30.5 Å². The lowest BCUT2D eigenvalue weighted by Crippen LogP contribution is -2.48. The molecule has 1 saturated heterocycles. The molecule has 176 valence electrons. The Morgan fingerprint density at radius 3 is 2.52 bits per heavy atom. The van der Waals surface area contributed by atoms with Crippen molar-refractivity contribution in [1.29, 1.82) is 0 Å². The summed E-state index contributed by atoms with van der Waals surface area (Å²) in [6.07, 6.45) is 9.68. The molecule has 0 unspecified atom stereocenters. The van der Waals surface area contributed by atoms with Crippen LogP contribution < -0.4 is 14.4 Å². The SMILES string of the molecule is COc1cc(/C=C/C(=O)N2CCN(c3nnc(C4CCCCC4)s3)CC2)ccc1OC(C)=O. The van der Waals surface area contributed by atoms with Crippen molar-refractivity contribution in [1.82, 2.24) is 15.1 Å². The van der Waals surface area contributed by atoms with Crippen LogP contribution in [0.2, 0.25) is 0 Å². The van der Waals surface area contributed by atoms with E-state index in [4.69, 9.17) is 9.47 Å². The van der Waals surface area contributed by atoms with E-state index in [1.165, 1.54) is 51.1 Å². The van der Waals surface area contributed by atoms with Crippen LogP contribution in [0, 0.1) is 0 Å². The Hall–Kier alpha value is -2.94. The summed E-state index contributed by atoms with van der Waals surface area (Å²) in [5.74, 6) is 0.924. The number of piperazine rings is 1. The van der Waals surface area contributed by atoms with Gasteiger partial charge < -0.3 is 19.3 Å². The predicted octanol–water partition coefficient (Wildman–Crippen LogP) is 3.88. The molecular formula is C24H30N4O4S. The molecule has 0 N–H and O–H groups in total. The molecule has 2 fully saturated rings. The van der Waals surface area contributed by atoms with Gasteiger partial charge in [-0.1, -0.05) is 36.7 Å². The third-order valence-corrected chi connectivity index (χ3v) is 7.25. The lowest BCUT2D eigenvalue weighted by Gasteiger charge is -2.33. The summed E-state index contributed by atoms with van der Waals surface area (Å²) in [5, 5.41) is 11.0. The zero-order valence-corrected chi connectivity index (χ0v) is 20.0. The van der Waals surface area contributed by atoms with Gasteiger partial charge in [-0.05, 0) is 36.6 Å². The van der Waals surface area contributed by atoms with E-state index >= 15 is 0 Å². The van der Waals surface area contributed by atoms with E-state index in [9.17, 15) is 9.59 Å². The molecule has 1 aromatic heterocycles. The van der Waals surface area contributed by atoms with Crippen molar-refractivity contribution >= 4 is 34.4 Å². The average Bonchev–Trinajstić information content (AvgIpc) is 3.34. The number of carbonyl (C=O) groups excluding carboxylic acids is 2. The number of carbonyl (C=O) groups is 2. The van der Waals surface area contributed by atoms with E-state index in [0.717, 1.165) is 23.8 Å². The Bertz CT molecular complexity index is 1010. The van der Waals surface area contributed by atoms with Crippen molar-refractivity contribution in [2.75, 3.05) is 38.2 Å². The number of rotatable bonds is 6. The molecule has 2 aliphatic rings. The van der Waals surface area contributed by atoms with Crippen LogP contribution in [0.4, 0.5) is 5.13 Å². The van der Waals surface area contributed by atoms with Crippen molar-refractivity contribution in [3.05, 3.63) is 34.8 Å². The monoisotopic (exact) mass is 470 g/mol. The van der Waals surface area contributed by atoms with Gasteiger partial charge in [-0.2, -0.15) is 0 Å². The zero-order valence-electron chi connectivity index (χ0n) is 19.2. The first-order chi connectivity index (χ1) is 16.0. The number of ether oxygens (including phenoxy) is 2. The molecule has 2 aromatic rings. The lowest BCUT2D eigenvalue weighted by atomic mass is 9.90. The summed E-state index contributed by atoms with van der Waals surface area (Å²) < 4.78 is 10.4. The van der Waals surface area contributed by atoms with Crippen LogP contribution in [-0.4, -0.2) is 60.3 Å². The fraction of sp³-hybridized carbons (Fsp3) is 0.500. The fourth-order valence-electron chi connectivity index (χ4n) is 4.29. The lowest BCUT2D eigenvalue weighted by molar-refractivity contribution is -0.132. The van der Waals surface area contributed by atoms with Crippen molar-refractivity contribution in [2.45, 2.75) is 44.9 Å². The molecule has 4 rings (SSSR count). The number of aromatic nitrogens is 2. The number of amides is 1. The molecule has 1 saturated carbocycles. The van der Waals surface area contributed by atoms with Crippen LogP contribution in [0.15, 0.2) is 24.3 Å². The molecule has 2 heterocycles. The number of esters is 1. The standard InChI is InChI=1S/C24H30N4O4S/c1-17(29)32-20-10-8-18(16-21(20)31-2)9-11-22(30)27-12-14-28(15-13-27)24-26-25-23(33-24)19-6-4-3-5-7-19/h8-11,16,19H,3-7,12-15H2,1-2H3/b11-9+. The van der Waals surface area contributed by atoms with Crippen molar-refractivity contribution < 1.29 is 19.1 Å². The van der Waals surface area contributed by atoms with Gasteiger partial charge in [-0.15, -0.1) is 10.2 Å². The highest BCUT2D eigenvalue weighted by Gasteiger charge is 2.25. The van der Waals surface area contributed by atoms with Gasteiger partial charge in [0.1, 0.15) is 5.01 Å². The second-order valence-electron chi connectivity index (χ2n) is 8.41. The Balaban J connectivity index is 1.31. The number of nitrogens with zero attached hydrogens (tertiary/aromatic N) is 4. The first-order valence-electron chi connectivity index (χ1n) is 11.5. The number of hydrogen-bond acceptors (Lipinski definition) is 8. The van der Waals surface area contributed by atoms with E-state index in [-0.39, 0.29) is 5.91 Å². The summed E-state index contributed by atoms with van der Waals surface area (Å²) in [6.45, 7) is 4.15. The summed E-state index contributed by atoms with van der Waals surface area (Å²) in [5.41, 5.74) is 0.791. The van der Waals surface area contributed by atoms with Crippen LogP contribution in [-0.2, 0) is 9.59 Å². The van der Waals surface area contributed by atoms with Crippen LogP contribution in [0.1, 0.15) is 55.5 Å². The highest BCUT2D eigenvalue weighted by atomic mass is 32.1.